The molecule has 0 saturated carbocycles. The molecule has 1 atom stereocenters. The van der Waals surface area contributed by atoms with Crippen molar-refractivity contribution in [2.45, 2.75) is 20.0 Å². The summed E-state index contributed by atoms with van der Waals surface area (Å²) in [5.74, 6) is 1.51. The van der Waals surface area contributed by atoms with Gasteiger partial charge in [-0.3, -0.25) is 0 Å². The number of aliphatic hydroxyl groups is 1. The second-order valence-corrected chi connectivity index (χ2v) is 3.02. The smallest absolute Gasteiger partial charge is 0.123 e. The number of ether oxygens (including phenoxy) is 2. The van der Waals surface area contributed by atoms with E-state index in [1.807, 2.05) is 38.1 Å². The normalized spacial score (nSPS) is 12.2. The zero-order chi connectivity index (χ0) is 10.4. The molecule has 1 N–H and O–H groups in total. The molecule has 0 aliphatic rings. The lowest BCUT2D eigenvalue weighted by molar-refractivity contribution is 0.129. The van der Waals surface area contributed by atoms with E-state index in [-0.39, 0.29) is 12.7 Å². The summed E-state index contributed by atoms with van der Waals surface area (Å²) >= 11 is 0. The molecule has 0 saturated heterocycles. The van der Waals surface area contributed by atoms with Crippen molar-refractivity contribution in [1.29, 1.82) is 0 Å². The van der Waals surface area contributed by atoms with Gasteiger partial charge >= 0.3 is 0 Å². The molecule has 3 heteroatoms. The summed E-state index contributed by atoms with van der Waals surface area (Å²) in [7, 11) is 0. The van der Waals surface area contributed by atoms with E-state index in [1.54, 1.807) is 0 Å². The van der Waals surface area contributed by atoms with Gasteiger partial charge < -0.3 is 14.6 Å². The van der Waals surface area contributed by atoms with Gasteiger partial charge in [0.25, 0.3) is 0 Å². The van der Waals surface area contributed by atoms with Gasteiger partial charge in [-0.15, -0.1) is 0 Å². The second kappa shape index (κ2) is 5.50. The SMILES string of the molecule is CCOc1cccc(OC(C)CO)c1. The van der Waals surface area contributed by atoms with Crippen LogP contribution >= 0.6 is 0 Å². The van der Waals surface area contributed by atoms with Gasteiger partial charge in [0.1, 0.15) is 17.6 Å². The molecule has 78 valence electrons. The highest BCUT2D eigenvalue weighted by Gasteiger charge is 2.02. The van der Waals surface area contributed by atoms with Gasteiger partial charge in [-0.2, -0.15) is 0 Å². The minimum atomic E-state index is -0.188. The largest absolute Gasteiger partial charge is 0.494 e. The zero-order valence-electron chi connectivity index (χ0n) is 8.56. The van der Waals surface area contributed by atoms with E-state index in [2.05, 4.69) is 0 Å². The summed E-state index contributed by atoms with van der Waals surface area (Å²) in [5.41, 5.74) is 0. The van der Waals surface area contributed by atoms with Crippen LogP contribution < -0.4 is 9.47 Å². The molecule has 0 fully saturated rings. The van der Waals surface area contributed by atoms with Crippen molar-refractivity contribution in [1.82, 2.24) is 0 Å². The number of aliphatic hydroxyl groups excluding tert-OH is 1. The fourth-order valence-corrected chi connectivity index (χ4v) is 1.07. The molecule has 0 aliphatic carbocycles. The fourth-order valence-electron chi connectivity index (χ4n) is 1.07. The van der Waals surface area contributed by atoms with Crippen LogP contribution in [0.15, 0.2) is 24.3 Å². The van der Waals surface area contributed by atoms with Gasteiger partial charge in [0.2, 0.25) is 0 Å². The summed E-state index contributed by atoms with van der Waals surface area (Å²) < 4.78 is 10.7. The molecule has 0 heterocycles. The van der Waals surface area contributed by atoms with Gasteiger partial charge in [0, 0.05) is 6.07 Å². The minimum Gasteiger partial charge on any atom is -0.494 e. The molecule has 14 heavy (non-hydrogen) atoms. The van der Waals surface area contributed by atoms with E-state index in [0.717, 1.165) is 11.5 Å². The maximum atomic E-state index is 8.81. The molecule has 3 nitrogen and oxygen atoms in total. The Morgan fingerprint density at radius 2 is 2.07 bits per heavy atom. The Kier molecular flexibility index (Phi) is 4.26. The zero-order valence-corrected chi connectivity index (χ0v) is 8.56. The van der Waals surface area contributed by atoms with Crippen molar-refractivity contribution in [3.8, 4) is 11.5 Å². The highest BCUT2D eigenvalue weighted by molar-refractivity contribution is 5.33. The first-order valence-electron chi connectivity index (χ1n) is 4.76. The Bertz CT molecular complexity index is 273. The highest BCUT2D eigenvalue weighted by atomic mass is 16.5. The van der Waals surface area contributed by atoms with E-state index in [9.17, 15) is 0 Å². The Hall–Kier alpha value is -1.22. The molecule has 1 rings (SSSR count). The van der Waals surface area contributed by atoms with Crippen molar-refractivity contribution < 1.29 is 14.6 Å². The molecule has 0 radical (unpaired) electrons. The third-order valence-corrected chi connectivity index (χ3v) is 1.71. The molecule has 0 aliphatic heterocycles. The standard InChI is InChI=1S/C11H16O3/c1-3-13-10-5-4-6-11(7-10)14-9(2)8-12/h4-7,9,12H,3,8H2,1-2H3. The molecular weight excluding hydrogens is 180 g/mol. The summed E-state index contributed by atoms with van der Waals surface area (Å²) in [5, 5.41) is 8.81. The molecule has 0 bridgehead atoms. The number of hydrogen-bond donors (Lipinski definition) is 1. The first-order chi connectivity index (χ1) is 6.76. The van der Waals surface area contributed by atoms with E-state index >= 15 is 0 Å². The maximum Gasteiger partial charge on any atom is 0.123 e. The molecule has 0 amide bonds. The Labute approximate surface area is 84.3 Å². The number of rotatable bonds is 5. The predicted molar refractivity (Wildman–Crippen MR) is 54.8 cm³/mol. The summed E-state index contributed by atoms with van der Waals surface area (Å²) in [6.45, 7) is 4.40. The lowest BCUT2D eigenvalue weighted by atomic mass is 10.3. The average Bonchev–Trinajstić information content (AvgIpc) is 2.19. The minimum absolute atomic E-state index is 0.0128. The van der Waals surface area contributed by atoms with E-state index in [1.165, 1.54) is 0 Å². The molecule has 1 aromatic rings. The monoisotopic (exact) mass is 196 g/mol. The first kappa shape index (κ1) is 10.9. The topological polar surface area (TPSA) is 38.7 Å². The van der Waals surface area contributed by atoms with Crippen LogP contribution in [0.25, 0.3) is 0 Å². The molecule has 1 unspecified atom stereocenters. The fraction of sp³-hybridized carbons (Fsp3) is 0.455. The predicted octanol–water partition coefficient (Wildman–Crippen LogP) is 1.84. The number of hydrogen-bond acceptors (Lipinski definition) is 3. The van der Waals surface area contributed by atoms with Crippen molar-refractivity contribution in [2.24, 2.45) is 0 Å². The summed E-state index contributed by atoms with van der Waals surface area (Å²) in [4.78, 5) is 0. The Morgan fingerprint density at radius 3 is 2.71 bits per heavy atom. The van der Waals surface area contributed by atoms with E-state index in [0.29, 0.717) is 6.61 Å². The van der Waals surface area contributed by atoms with Gasteiger partial charge in [-0.1, -0.05) is 6.07 Å². The quantitative estimate of drug-likeness (QED) is 0.781. The van der Waals surface area contributed by atoms with Crippen molar-refractivity contribution >= 4 is 0 Å². The van der Waals surface area contributed by atoms with Crippen LogP contribution in [0.5, 0.6) is 11.5 Å². The van der Waals surface area contributed by atoms with Crippen LogP contribution in [-0.2, 0) is 0 Å². The lowest BCUT2D eigenvalue weighted by Crippen LogP contribution is -2.16. The average molecular weight is 196 g/mol. The maximum absolute atomic E-state index is 8.81. The van der Waals surface area contributed by atoms with Crippen molar-refractivity contribution in [2.75, 3.05) is 13.2 Å². The second-order valence-electron chi connectivity index (χ2n) is 3.02. The van der Waals surface area contributed by atoms with Gasteiger partial charge in [0.15, 0.2) is 0 Å². The van der Waals surface area contributed by atoms with Crippen LogP contribution in [0.2, 0.25) is 0 Å². The van der Waals surface area contributed by atoms with Crippen LogP contribution in [0.1, 0.15) is 13.8 Å². The molecule has 1 aromatic carbocycles. The van der Waals surface area contributed by atoms with E-state index < -0.39 is 0 Å². The molecular formula is C11H16O3. The summed E-state index contributed by atoms with van der Waals surface area (Å²) in [6.07, 6.45) is -0.188. The highest BCUT2D eigenvalue weighted by Crippen LogP contribution is 2.20. The summed E-state index contributed by atoms with van der Waals surface area (Å²) in [6, 6.07) is 7.40. The third kappa shape index (κ3) is 3.26. The van der Waals surface area contributed by atoms with E-state index in [4.69, 9.17) is 14.6 Å². The molecule has 0 aromatic heterocycles. The van der Waals surface area contributed by atoms with Crippen LogP contribution in [-0.4, -0.2) is 24.4 Å². The van der Waals surface area contributed by atoms with Crippen molar-refractivity contribution in [3.05, 3.63) is 24.3 Å². The van der Waals surface area contributed by atoms with Gasteiger partial charge in [-0.05, 0) is 26.0 Å². The molecule has 0 spiro atoms. The third-order valence-electron chi connectivity index (χ3n) is 1.71. The Morgan fingerprint density at radius 1 is 1.36 bits per heavy atom. The number of benzene rings is 1. The van der Waals surface area contributed by atoms with Crippen LogP contribution in [0.3, 0.4) is 0 Å². The Balaban J connectivity index is 2.63. The lowest BCUT2D eigenvalue weighted by Gasteiger charge is -2.12. The van der Waals surface area contributed by atoms with Crippen LogP contribution in [0, 0.1) is 0 Å². The van der Waals surface area contributed by atoms with Gasteiger partial charge in [-0.25, -0.2) is 0 Å². The van der Waals surface area contributed by atoms with Crippen LogP contribution in [0.4, 0.5) is 0 Å². The van der Waals surface area contributed by atoms with Gasteiger partial charge in [0.05, 0.1) is 13.2 Å². The first-order valence-corrected chi connectivity index (χ1v) is 4.76. The van der Waals surface area contributed by atoms with Crippen molar-refractivity contribution in [3.63, 3.8) is 0 Å².